The highest BCUT2D eigenvalue weighted by molar-refractivity contribution is 5.95. The minimum Gasteiger partial charge on any atom is -0.452 e. The summed E-state index contributed by atoms with van der Waals surface area (Å²) in [5.74, 6) is -3.57. The third-order valence-corrected chi connectivity index (χ3v) is 2.79. The summed E-state index contributed by atoms with van der Waals surface area (Å²) in [4.78, 5) is 23.3. The van der Waals surface area contributed by atoms with Crippen molar-refractivity contribution in [3.8, 4) is 6.07 Å². The fourth-order valence-corrected chi connectivity index (χ4v) is 1.67. The molecule has 0 spiro atoms. The Morgan fingerprint density at radius 2 is 1.78 bits per heavy atom. The molecule has 0 heterocycles. The molecule has 1 N–H and O–H groups in total. The Morgan fingerprint density at radius 1 is 1.09 bits per heavy atom. The van der Waals surface area contributed by atoms with Gasteiger partial charge in [0.1, 0.15) is 0 Å². The van der Waals surface area contributed by atoms with Crippen LogP contribution < -0.4 is 5.32 Å². The van der Waals surface area contributed by atoms with Crippen LogP contribution in [0.3, 0.4) is 0 Å². The second kappa shape index (κ2) is 7.13. The molecule has 2 aromatic carbocycles. The molecule has 0 unspecified atom stereocenters. The van der Waals surface area contributed by atoms with Crippen molar-refractivity contribution in [2.24, 2.45) is 0 Å². The van der Waals surface area contributed by atoms with Crippen molar-refractivity contribution < 1.29 is 23.1 Å². The molecule has 116 valence electrons. The number of amides is 1. The smallest absolute Gasteiger partial charge is 0.338 e. The number of nitrogens with zero attached hydrogens (tertiary/aromatic N) is 1. The van der Waals surface area contributed by atoms with Crippen LogP contribution in [0, 0.1) is 23.0 Å². The van der Waals surface area contributed by atoms with E-state index in [2.05, 4.69) is 5.32 Å². The Bertz CT molecular complexity index is 783. The number of benzene rings is 2. The molecule has 0 aromatic heterocycles. The van der Waals surface area contributed by atoms with Gasteiger partial charge < -0.3 is 10.1 Å². The first-order chi connectivity index (χ1) is 11.0. The molecule has 0 aliphatic rings. The van der Waals surface area contributed by atoms with Crippen LogP contribution in [0.15, 0.2) is 42.5 Å². The zero-order valence-corrected chi connectivity index (χ0v) is 11.7. The van der Waals surface area contributed by atoms with E-state index in [9.17, 15) is 18.4 Å². The number of carbonyl (C=O) groups excluding carboxylic acids is 2. The molecule has 0 atom stereocenters. The molecule has 7 heteroatoms. The fourth-order valence-electron chi connectivity index (χ4n) is 1.67. The first kappa shape index (κ1) is 16.1. The van der Waals surface area contributed by atoms with Crippen LogP contribution in [-0.2, 0) is 9.53 Å². The molecule has 0 radical (unpaired) electrons. The average Bonchev–Trinajstić information content (AvgIpc) is 2.56. The van der Waals surface area contributed by atoms with Crippen molar-refractivity contribution in [2.45, 2.75) is 0 Å². The van der Waals surface area contributed by atoms with Crippen molar-refractivity contribution in [3.05, 3.63) is 65.2 Å². The third kappa shape index (κ3) is 4.35. The number of ether oxygens (including phenoxy) is 1. The summed E-state index contributed by atoms with van der Waals surface area (Å²) in [7, 11) is 0. The van der Waals surface area contributed by atoms with E-state index >= 15 is 0 Å². The van der Waals surface area contributed by atoms with Gasteiger partial charge in [-0.3, -0.25) is 4.79 Å². The summed E-state index contributed by atoms with van der Waals surface area (Å²) in [6.45, 7) is -0.585. The van der Waals surface area contributed by atoms with E-state index in [0.717, 1.165) is 12.1 Å². The third-order valence-electron chi connectivity index (χ3n) is 2.79. The maximum atomic E-state index is 13.0. The Kier molecular flexibility index (Phi) is 5.00. The number of hydrogen-bond donors (Lipinski definition) is 1. The minimum atomic E-state index is -1.10. The lowest BCUT2D eigenvalue weighted by Crippen LogP contribution is -2.21. The van der Waals surface area contributed by atoms with Crippen LogP contribution in [0.1, 0.15) is 15.9 Å². The molecule has 0 saturated heterocycles. The fraction of sp³-hybridized carbons (Fsp3) is 0.0625. The Hall–Kier alpha value is -3.27. The summed E-state index contributed by atoms with van der Waals surface area (Å²) in [5, 5.41) is 10.9. The summed E-state index contributed by atoms with van der Waals surface area (Å²) >= 11 is 0. The van der Waals surface area contributed by atoms with Gasteiger partial charge in [0.15, 0.2) is 18.2 Å². The maximum absolute atomic E-state index is 13.0. The lowest BCUT2D eigenvalue weighted by molar-refractivity contribution is -0.119. The standard InChI is InChI=1S/C16H10F2N2O3/c17-13-6-5-12(7-14(13)18)20-15(21)9-23-16(22)11-3-1-10(8-19)2-4-11/h1-7H,9H2,(H,20,21). The SMILES string of the molecule is N#Cc1ccc(C(=O)OCC(=O)Nc2ccc(F)c(F)c2)cc1. The molecule has 23 heavy (non-hydrogen) atoms. The second-order valence-corrected chi connectivity index (χ2v) is 4.44. The van der Waals surface area contributed by atoms with Crippen molar-refractivity contribution in [1.82, 2.24) is 0 Å². The van der Waals surface area contributed by atoms with E-state index in [4.69, 9.17) is 10.00 Å². The van der Waals surface area contributed by atoms with E-state index in [1.165, 1.54) is 30.3 Å². The van der Waals surface area contributed by atoms with Crippen molar-refractivity contribution in [2.75, 3.05) is 11.9 Å². The minimum absolute atomic E-state index is 0.0447. The van der Waals surface area contributed by atoms with Crippen LogP contribution >= 0.6 is 0 Å². The summed E-state index contributed by atoms with van der Waals surface area (Å²) in [6, 6.07) is 10.4. The number of esters is 1. The molecule has 0 saturated carbocycles. The molecule has 2 aromatic rings. The molecular formula is C16H10F2N2O3. The van der Waals surface area contributed by atoms with Gasteiger partial charge in [-0.25, -0.2) is 13.6 Å². The highest BCUT2D eigenvalue weighted by atomic mass is 19.2. The normalized spacial score (nSPS) is 9.78. The predicted molar refractivity (Wildman–Crippen MR) is 76.4 cm³/mol. The van der Waals surface area contributed by atoms with Gasteiger partial charge in [-0.15, -0.1) is 0 Å². The largest absolute Gasteiger partial charge is 0.452 e. The lowest BCUT2D eigenvalue weighted by atomic mass is 10.1. The molecule has 5 nitrogen and oxygen atoms in total. The van der Waals surface area contributed by atoms with Crippen LogP contribution in [0.4, 0.5) is 14.5 Å². The number of nitrogens with one attached hydrogen (secondary N) is 1. The van der Waals surface area contributed by atoms with Gasteiger partial charge >= 0.3 is 5.97 Å². The Morgan fingerprint density at radius 3 is 2.39 bits per heavy atom. The highest BCUT2D eigenvalue weighted by Gasteiger charge is 2.11. The molecule has 0 aliphatic heterocycles. The van der Waals surface area contributed by atoms with Gasteiger partial charge in [-0.2, -0.15) is 5.26 Å². The number of anilines is 1. The highest BCUT2D eigenvalue weighted by Crippen LogP contribution is 2.13. The number of halogens is 2. The Labute approximate surface area is 130 Å². The summed E-state index contributed by atoms with van der Waals surface area (Å²) < 4.78 is 30.5. The van der Waals surface area contributed by atoms with Gasteiger partial charge in [0, 0.05) is 11.8 Å². The van der Waals surface area contributed by atoms with Gasteiger partial charge in [0.2, 0.25) is 0 Å². The maximum Gasteiger partial charge on any atom is 0.338 e. The van der Waals surface area contributed by atoms with Gasteiger partial charge in [0.25, 0.3) is 5.91 Å². The lowest BCUT2D eigenvalue weighted by Gasteiger charge is -2.07. The number of nitriles is 1. The monoisotopic (exact) mass is 316 g/mol. The van der Waals surface area contributed by atoms with Crippen LogP contribution in [0.2, 0.25) is 0 Å². The van der Waals surface area contributed by atoms with Gasteiger partial charge in [0.05, 0.1) is 17.2 Å². The Balaban J connectivity index is 1.89. The van der Waals surface area contributed by atoms with E-state index in [1.54, 1.807) is 0 Å². The van der Waals surface area contributed by atoms with Crippen LogP contribution in [-0.4, -0.2) is 18.5 Å². The second-order valence-electron chi connectivity index (χ2n) is 4.44. The van der Waals surface area contributed by atoms with E-state index in [1.807, 2.05) is 6.07 Å². The predicted octanol–water partition coefficient (Wildman–Crippen LogP) is 2.63. The molecular weight excluding hydrogens is 306 g/mol. The first-order valence-corrected chi connectivity index (χ1v) is 6.42. The molecule has 0 bridgehead atoms. The summed E-state index contributed by atoms with van der Waals surface area (Å²) in [6.07, 6.45) is 0. The average molecular weight is 316 g/mol. The van der Waals surface area contributed by atoms with E-state index < -0.39 is 30.1 Å². The number of rotatable bonds is 4. The van der Waals surface area contributed by atoms with E-state index in [-0.39, 0.29) is 11.3 Å². The van der Waals surface area contributed by atoms with Crippen LogP contribution in [0.5, 0.6) is 0 Å². The summed E-state index contributed by atoms with van der Waals surface area (Å²) in [5.41, 5.74) is 0.616. The quantitative estimate of drug-likeness (QED) is 0.879. The van der Waals surface area contributed by atoms with Crippen LogP contribution in [0.25, 0.3) is 0 Å². The first-order valence-electron chi connectivity index (χ1n) is 6.42. The number of hydrogen-bond acceptors (Lipinski definition) is 4. The van der Waals surface area contributed by atoms with Gasteiger partial charge in [-0.05, 0) is 36.4 Å². The zero-order chi connectivity index (χ0) is 16.8. The zero-order valence-electron chi connectivity index (χ0n) is 11.7. The van der Waals surface area contributed by atoms with E-state index in [0.29, 0.717) is 5.56 Å². The molecule has 2 rings (SSSR count). The van der Waals surface area contributed by atoms with Crippen molar-refractivity contribution in [1.29, 1.82) is 5.26 Å². The van der Waals surface area contributed by atoms with Crippen molar-refractivity contribution >= 4 is 17.6 Å². The number of carbonyl (C=O) groups is 2. The molecule has 1 amide bonds. The van der Waals surface area contributed by atoms with Gasteiger partial charge in [-0.1, -0.05) is 0 Å². The van der Waals surface area contributed by atoms with Crippen molar-refractivity contribution in [3.63, 3.8) is 0 Å². The topological polar surface area (TPSA) is 79.2 Å². The molecule has 0 aliphatic carbocycles. The molecule has 0 fully saturated rings.